The zero-order valence-electron chi connectivity index (χ0n) is 10.8. The van der Waals surface area contributed by atoms with Gasteiger partial charge >= 0.3 is 0 Å². The number of nitrogen functional groups attached to an aromatic ring is 2. The Morgan fingerprint density at radius 1 is 0.778 bits per heavy atom. The van der Waals surface area contributed by atoms with Crippen LogP contribution in [0, 0.1) is 0 Å². The van der Waals surface area contributed by atoms with Crippen molar-refractivity contribution >= 4 is 11.4 Å². The number of ether oxygens (including phenoxy) is 4. The highest BCUT2D eigenvalue weighted by Crippen LogP contribution is 2.32. The van der Waals surface area contributed by atoms with Crippen molar-refractivity contribution in [2.45, 2.75) is 0 Å². The molecule has 0 aliphatic carbocycles. The molecule has 1 aromatic rings. The molecule has 0 aliphatic rings. The molecule has 0 atom stereocenters. The number of hydrogen-bond donors (Lipinski definition) is 2. The van der Waals surface area contributed by atoms with E-state index in [-0.39, 0.29) is 0 Å². The van der Waals surface area contributed by atoms with Crippen molar-refractivity contribution in [3.05, 3.63) is 12.1 Å². The molecule has 6 heteroatoms. The van der Waals surface area contributed by atoms with E-state index in [2.05, 4.69) is 0 Å². The lowest BCUT2D eigenvalue weighted by Gasteiger charge is -2.13. The van der Waals surface area contributed by atoms with Crippen LogP contribution in [-0.2, 0) is 9.47 Å². The van der Waals surface area contributed by atoms with Gasteiger partial charge in [-0.3, -0.25) is 0 Å². The van der Waals surface area contributed by atoms with Crippen molar-refractivity contribution in [3.8, 4) is 11.5 Å². The second kappa shape index (κ2) is 7.62. The maximum absolute atomic E-state index is 5.84. The third-order valence-electron chi connectivity index (χ3n) is 2.23. The molecule has 102 valence electrons. The largest absolute Gasteiger partial charge is 0.489 e. The minimum absolute atomic E-state index is 0.421. The van der Waals surface area contributed by atoms with E-state index in [1.807, 2.05) is 0 Å². The van der Waals surface area contributed by atoms with Crippen LogP contribution in [0.1, 0.15) is 0 Å². The lowest BCUT2D eigenvalue weighted by Crippen LogP contribution is -2.09. The van der Waals surface area contributed by atoms with Gasteiger partial charge in [-0.25, -0.2) is 0 Å². The second-order valence-corrected chi connectivity index (χ2v) is 3.61. The number of nitrogens with two attached hydrogens (primary N) is 2. The van der Waals surface area contributed by atoms with E-state index in [1.165, 1.54) is 0 Å². The molecule has 0 saturated carbocycles. The Balaban J connectivity index is 2.64. The lowest BCUT2D eigenvalue weighted by molar-refractivity contribution is 0.145. The summed E-state index contributed by atoms with van der Waals surface area (Å²) in [6, 6.07) is 3.29. The zero-order chi connectivity index (χ0) is 13.4. The highest BCUT2D eigenvalue weighted by Gasteiger charge is 2.08. The van der Waals surface area contributed by atoms with Crippen LogP contribution in [0.4, 0.5) is 11.4 Å². The van der Waals surface area contributed by atoms with Gasteiger partial charge in [-0.2, -0.15) is 0 Å². The standard InChI is InChI=1S/C12H20N2O4/c1-15-3-5-17-11-7-10(14)12(8-9(11)13)18-6-4-16-2/h7-8H,3-6,13-14H2,1-2H3. The average Bonchev–Trinajstić information content (AvgIpc) is 2.35. The molecule has 6 nitrogen and oxygen atoms in total. The van der Waals surface area contributed by atoms with Gasteiger partial charge in [0.15, 0.2) is 0 Å². The summed E-state index contributed by atoms with van der Waals surface area (Å²) in [6.45, 7) is 1.82. The van der Waals surface area contributed by atoms with Crippen LogP contribution in [-0.4, -0.2) is 40.6 Å². The molecule has 0 aliphatic heterocycles. The Morgan fingerprint density at radius 2 is 1.17 bits per heavy atom. The van der Waals surface area contributed by atoms with Crippen molar-refractivity contribution in [2.75, 3.05) is 52.1 Å². The van der Waals surface area contributed by atoms with Gasteiger partial charge in [0.1, 0.15) is 24.7 Å². The summed E-state index contributed by atoms with van der Waals surface area (Å²) in [4.78, 5) is 0. The van der Waals surface area contributed by atoms with E-state index >= 15 is 0 Å². The van der Waals surface area contributed by atoms with Crippen molar-refractivity contribution in [1.82, 2.24) is 0 Å². The summed E-state index contributed by atoms with van der Waals surface area (Å²) in [7, 11) is 3.21. The molecule has 0 heterocycles. The molecular weight excluding hydrogens is 236 g/mol. The molecule has 0 fully saturated rings. The first-order valence-electron chi connectivity index (χ1n) is 5.61. The van der Waals surface area contributed by atoms with Gasteiger partial charge in [0.05, 0.1) is 24.6 Å². The van der Waals surface area contributed by atoms with Gasteiger partial charge in [-0.1, -0.05) is 0 Å². The van der Waals surface area contributed by atoms with Crippen molar-refractivity contribution in [1.29, 1.82) is 0 Å². The molecule has 1 rings (SSSR count). The van der Waals surface area contributed by atoms with E-state index < -0.39 is 0 Å². The molecule has 18 heavy (non-hydrogen) atoms. The molecule has 0 amide bonds. The highest BCUT2D eigenvalue weighted by molar-refractivity contribution is 5.67. The Labute approximate surface area is 107 Å². The quantitative estimate of drug-likeness (QED) is 0.530. The highest BCUT2D eigenvalue weighted by atomic mass is 16.5. The molecular formula is C12H20N2O4. The maximum atomic E-state index is 5.84. The van der Waals surface area contributed by atoms with Crippen LogP contribution in [0.25, 0.3) is 0 Å². The molecule has 0 spiro atoms. The van der Waals surface area contributed by atoms with Crippen LogP contribution >= 0.6 is 0 Å². The van der Waals surface area contributed by atoms with Gasteiger partial charge in [-0.15, -0.1) is 0 Å². The van der Waals surface area contributed by atoms with Crippen LogP contribution in [0.5, 0.6) is 11.5 Å². The molecule has 0 radical (unpaired) electrons. The first kappa shape index (κ1) is 14.4. The summed E-state index contributed by atoms with van der Waals surface area (Å²) in [5.41, 5.74) is 12.6. The van der Waals surface area contributed by atoms with Crippen molar-refractivity contribution < 1.29 is 18.9 Å². The summed E-state index contributed by atoms with van der Waals surface area (Å²) in [5, 5.41) is 0. The first-order chi connectivity index (χ1) is 8.69. The Kier molecular flexibility index (Phi) is 6.10. The van der Waals surface area contributed by atoms with Crippen LogP contribution in [0.3, 0.4) is 0 Å². The van der Waals surface area contributed by atoms with Gasteiger partial charge in [0, 0.05) is 26.4 Å². The monoisotopic (exact) mass is 256 g/mol. The molecule has 1 aromatic carbocycles. The summed E-state index contributed by atoms with van der Waals surface area (Å²) in [6.07, 6.45) is 0. The minimum Gasteiger partial charge on any atom is -0.489 e. The number of hydrogen-bond acceptors (Lipinski definition) is 6. The summed E-state index contributed by atoms with van der Waals surface area (Å²) >= 11 is 0. The fraction of sp³-hybridized carbons (Fsp3) is 0.500. The molecule has 0 saturated heterocycles. The second-order valence-electron chi connectivity index (χ2n) is 3.61. The molecule has 4 N–H and O–H groups in total. The van der Waals surface area contributed by atoms with E-state index in [0.29, 0.717) is 49.3 Å². The van der Waals surface area contributed by atoms with Gasteiger partial charge in [0.25, 0.3) is 0 Å². The zero-order valence-corrected chi connectivity index (χ0v) is 10.8. The van der Waals surface area contributed by atoms with E-state index in [1.54, 1.807) is 26.4 Å². The first-order valence-corrected chi connectivity index (χ1v) is 5.61. The summed E-state index contributed by atoms with van der Waals surface area (Å²) < 4.78 is 20.6. The fourth-order valence-electron chi connectivity index (χ4n) is 1.31. The maximum Gasteiger partial charge on any atom is 0.144 e. The van der Waals surface area contributed by atoms with E-state index in [4.69, 9.17) is 30.4 Å². The molecule has 0 aromatic heterocycles. The van der Waals surface area contributed by atoms with Crippen molar-refractivity contribution in [2.24, 2.45) is 0 Å². The van der Waals surface area contributed by atoms with Crippen LogP contribution in [0.15, 0.2) is 12.1 Å². The predicted molar refractivity (Wildman–Crippen MR) is 70.0 cm³/mol. The third-order valence-corrected chi connectivity index (χ3v) is 2.23. The summed E-state index contributed by atoms with van der Waals surface area (Å²) in [5.74, 6) is 1.06. The van der Waals surface area contributed by atoms with Gasteiger partial charge in [0.2, 0.25) is 0 Å². The van der Waals surface area contributed by atoms with Gasteiger partial charge in [-0.05, 0) is 0 Å². The number of methoxy groups -OCH3 is 2. The minimum atomic E-state index is 0.421. The average molecular weight is 256 g/mol. The topological polar surface area (TPSA) is 89.0 Å². The van der Waals surface area contributed by atoms with Crippen LogP contribution < -0.4 is 20.9 Å². The molecule has 0 bridgehead atoms. The van der Waals surface area contributed by atoms with E-state index in [9.17, 15) is 0 Å². The molecule has 0 unspecified atom stereocenters. The fourth-order valence-corrected chi connectivity index (χ4v) is 1.31. The lowest BCUT2D eigenvalue weighted by atomic mass is 10.2. The van der Waals surface area contributed by atoms with Crippen LogP contribution in [0.2, 0.25) is 0 Å². The smallest absolute Gasteiger partial charge is 0.144 e. The normalized spacial score (nSPS) is 10.3. The van der Waals surface area contributed by atoms with Gasteiger partial charge < -0.3 is 30.4 Å². The predicted octanol–water partition coefficient (Wildman–Crippen LogP) is 0.901. The number of anilines is 2. The van der Waals surface area contributed by atoms with E-state index in [0.717, 1.165) is 0 Å². The Morgan fingerprint density at radius 3 is 1.50 bits per heavy atom. The SMILES string of the molecule is COCCOc1cc(N)c(OCCOC)cc1N. The third kappa shape index (κ3) is 4.31. The Bertz CT molecular complexity index is 336. The Hall–Kier alpha value is -1.66. The number of benzene rings is 1. The number of rotatable bonds is 8. The van der Waals surface area contributed by atoms with Crippen molar-refractivity contribution in [3.63, 3.8) is 0 Å².